The van der Waals surface area contributed by atoms with Gasteiger partial charge in [0.25, 0.3) is 0 Å². The second kappa shape index (κ2) is 33.3. The first kappa shape index (κ1) is 63.8. The Hall–Kier alpha value is -4.26. The van der Waals surface area contributed by atoms with E-state index in [1.165, 1.54) is 28.4 Å². The van der Waals surface area contributed by atoms with Crippen molar-refractivity contribution in [1.82, 2.24) is 4.90 Å². The summed E-state index contributed by atoms with van der Waals surface area (Å²) < 4.78 is 35.1. The average Bonchev–Trinajstić information content (AvgIpc) is 3.84. The molecule has 1 aliphatic heterocycles. The molecule has 0 spiro atoms. The van der Waals surface area contributed by atoms with Crippen molar-refractivity contribution < 1.29 is 52.3 Å². The summed E-state index contributed by atoms with van der Waals surface area (Å²) in [4.78, 5) is 47.7. The van der Waals surface area contributed by atoms with E-state index in [-0.39, 0.29) is 53.9 Å². The molecular weight excluding hydrogens is 839 g/mol. The SMILES string of the molecule is C=C(C(C)C)C(CC(=O)OC)C(C)(C)OC.C=C(C(C)C)C(CC(=O)OC)C(C)OC.C=C(C(C)C)C(CC(=O)OC)C1CCOC1.C=C(C(C)C)C(c1ccccc1)N(CC)C(=O)OC. The Labute approximate surface area is 400 Å². The lowest BCUT2D eigenvalue weighted by molar-refractivity contribution is -0.144. The van der Waals surface area contributed by atoms with Crippen LogP contribution in [0.4, 0.5) is 4.79 Å². The van der Waals surface area contributed by atoms with Gasteiger partial charge in [-0.1, -0.05) is 129 Å². The van der Waals surface area contributed by atoms with E-state index in [9.17, 15) is 19.2 Å². The lowest BCUT2D eigenvalue weighted by Gasteiger charge is -2.35. The van der Waals surface area contributed by atoms with Gasteiger partial charge in [0, 0.05) is 39.2 Å². The monoisotopic (exact) mass is 930 g/mol. The van der Waals surface area contributed by atoms with Gasteiger partial charge < -0.3 is 33.2 Å². The molecule has 0 saturated carbocycles. The van der Waals surface area contributed by atoms with Crippen LogP contribution in [-0.2, 0) is 47.5 Å². The molecule has 12 heteroatoms. The second-order valence-corrected chi connectivity index (χ2v) is 18.5. The number of amides is 1. The smallest absolute Gasteiger partial charge is 0.410 e. The molecule has 0 bridgehead atoms. The minimum Gasteiger partial charge on any atom is -0.469 e. The van der Waals surface area contributed by atoms with Crippen LogP contribution in [0.25, 0.3) is 0 Å². The normalized spacial score (nSPS) is 15.5. The highest BCUT2D eigenvalue weighted by Crippen LogP contribution is 2.35. The number of rotatable bonds is 22. The number of benzene rings is 1. The van der Waals surface area contributed by atoms with Gasteiger partial charge in [0.2, 0.25) is 0 Å². The standard InChI is InChI=1S/C16H23NO2.C13H22O3.C13H24O3.C12H22O3/c1-6-17(16(18)19-5)15(13(4)12(2)3)14-10-8-7-9-11-14;1-9(2)10(3)12(7-13(14)15-4)11-5-6-16-8-11;1-9(2)10(3)11(8-12(14)15-6)13(4,5)16-7;1-8(2)9(3)11(10(4)14-5)7-12(13)15-6/h7-12,15H,4,6H2,1-3,5H3;9,11-12H,3,5-8H2,1-2,4H3;9,11H,3,8H2,1-2,4-7H3;8,10-11H,3,7H2,1-2,4-6H3. The van der Waals surface area contributed by atoms with E-state index in [1.807, 2.05) is 58.0 Å². The number of likely N-dealkylation sites (N-methyl/N-ethyl adjacent to an activating group) is 1. The molecule has 6 atom stereocenters. The average molecular weight is 930 g/mol. The van der Waals surface area contributed by atoms with E-state index in [0.717, 1.165) is 47.5 Å². The van der Waals surface area contributed by atoms with Crippen molar-refractivity contribution in [3.05, 3.63) is 84.5 Å². The van der Waals surface area contributed by atoms with Gasteiger partial charge in [0.05, 0.1) is 72.1 Å². The largest absolute Gasteiger partial charge is 0.469 e. The molecule has 6 unspecified atom stereocenters. The number of carbonyl (C=O) groups is 4. The third-order valence-electron chi connectivity index (χ3n) is 12.6. The molecule has 66 heavy (non-hydrogen) atoms. The van der Waals surface area contributed by atoms with Crippen LogP contribution < -0.4 is 0 Å². The van der Waals surface area contributed by atoms with Gasteiger partial charge in [-0.25, -0.2) is 4.79 Å². The first-order valence-corrected chi connectivity index (χ1v) is 23.3. The Balaban J connectivity index is 0. The summed E-state index contributed by atoms with van der Waals surface area (Å²) in [7, 11) is 8.93. The number of carbonyl (C=O) groups excluding carboxylic acids is 4. The number of methoxy groups -OCH3 is 6. The minimum absolute atomic E-state index is 0.0148. The van der Waals surface area contributed by atoms with Gasteiger partial charge in [-0.3, -0.25) is 19.3 Å². The van der Waals surface area contributed by atoms with Gasteiger partial charge in [0.1, 0.15) is 0 Å². The molecule has 378 valence electrons. The molecule has 0 radical (unpaired) electrons. The first-order valence-electron chi connectivity index (χ1n) is 23.3. The fraction of sp³-hybridized carbons (Fsp3) is 0.667. The van der Waals surface area contributed by atoms with Gasteiger partial charge in [0.15, 0.2) is 0 Å². The highest BCUT2D eigenvalue weighted by molar-refractivity contribution is 5.71. The van der Waals surface area contributed by atoms with Gasteiger partial charge in [-0.05, 0) is 80.8 Å². The summed E-state index contributed by atoms with van der Waals surface area (Å²) in [5.74, 6) is 1.40. The topological polar surface area (TPSA) is 136 Å². The summed E-state index contributed by atoms with van der Waals surface area (Å²) in [5, 5.41) is 0. The van der Waals surface area contributed by atoms with Crippen LogP contribution in [-0.4, -0.2) is 103 Å². The van der Waals surface area contributed by atoms with Gasteiger partial charge >= 0.3 is 24.0 Å². The molecule has 1 amide bonds. The molecule has 0 aromatic heterocycles. The predicted molar refractivity (Wildman–Crippen MR) is 267 cm³/mol. The molecule has 1 aromatic carbocycles. The summed E-state index contributed by atoms with van der Waals surface area (Å²) in [6, 6.07) is 9.81. The van der Waals surface area contributed by atoms with Crippen molar-refractivity contribution in [2.24, 2.45) is 47.3 Å². The summed E-state index contributed by atoms with van der Waals surface area (Å²) in [6.07, 6.45) is 1.77. The number of allylic oxidation sites excluding steroid dienone is 1. The Kier molecular flexibility index (Phi) is 32.2. The van der Waals surface area contributed by atoms with E-state index in [4.69, 9.17) is 28.4 Å². The number of hydrogen-bond donors (Lipinski definition) is 0. The Bertz CT molecular complexity index is 1620. The second-order valence-electron chi connectivity index (χ2n) is 18.5. The fourth-order valence-corrected chi connectivity index (χ4v) is 7.31. The number of esters is 3. The molecule has 0 N–H and O–H groups in total. The third kappa shape index (κ3) is 22.5. The highest BCUT2D eigenvalue weighted by Gasteiger charge is 2.35. The van der Waals surface area contributed by atoms with Crippen molar-refractivity contribution in [2.45, 2.75) is 127 Å². The van der Waals surface area contributed by atoms with Crippen LogP contribution in [0.1, 0.15) is 120 Å². The maximum Gasteiger partial charge on any atom is 0.410 e. The van der Waals surface area contributed by atoms with Crippen LogP contribution in [0.3, 0.4) is 0 Å². The molecule has 1 aromatic rings. The Morgan fingerprint density at radius 1 is 0.667 bits per heavy atom. The zero-order chi connectivity index (χ0) is 51.5. The van der Waals surface area contributed by atoms with Crippen molar-refractivity contribution in [2.75, 3.05) is 62.4 Å². The minimum atomic E-state index is -0.407. The van der Waals surface area contributed by atoms with Crippen LogP contribution in [0.15, 0.2) is 78.9 Å². The molecule has 1 fully saturated rings. The summed E-state index contributed by atoms with van der Waals surface area (Å²) in [6.45, 7) is 43.0. The van der Waals surface area contributed by atoms with Crippen LogP contribution in [0.5, 0.6) is 0 Å². The van der Waals surface area contributed by atoms with Crippen LogP contribution in [0.2, 0.25) is 0 Å². The quantitative estimate of drug-likeness (QED) is 0.0624. The molecule has 1 saturated heterocycles. The lowest BCUT2D eigenvalue weighted by Crippen LogP contribution is -2.37. The zero-order valence-corrected chi connectivity index (χ0v) is 44.4. The van der Waals surface area contributed by atoms with Gasteiger partial charge in [-0.15, -0.1) is 0 Å². The van der Waals surface area contributed by atoms with Crippen molar-refractivity contribution in [1.29, 1.82) is 0 Å². The fourth-order valence-electron chi connectivity index (χ4n) is 7.31. The predicted octanol–water partition coefficient (Wildman–Crippen LogP) is 11.7. The molecule has 12 nitrogen and oxygen atoms in total. The lowest BCUT2D eigenvalue weighted by atomic mass is 9.78. The van der Waals surface area contributed by atoms with Crippen molar-refractivity contribution in [3.63, 3.8) is 0 Å². The Morgan fingerprint density at radius 3 is 1.52 bits per heavy atom. The zero-order valence-electron chi connectivity index (χ0n) is 44.4. The summed E-state index contributed by atoms with van der Waals surface area (Å²) >= 11 is 0. The summed E-state index contributed by atoms with van der Waals surface area (Å²) in [5.41, 5.74) is 4.87. The van der Waals surface area contributed by atoms with E-state index in [1.54, 1.807) is 19.1 Å². The number of hydrogen-bond acceptors (Lipinski definition) is 11. The van der Waals surface area contributed by atoms with Crippen LogP contribution in [0, 0.1) is 47.3 Å². The molecule has 1 heterocycles. The van der Waals surface area contributed by atoms with E-state index in [0.29, 0.717) is 55.4 Å². The highest BCUT2D eigenvalue weighted by atomic mass is 16.5. The maximum atomic E-state index is 11.9. The third-order valence-corrected chi connectivity index (χ3v) is 12.6. The van der Waals surface area contributed by atoms with Crippen molar-refractivity contribution in [3.8, 4) is 0 Å². The van der Waals surface area contributed by atoms with Crippen molar-refractivity contribution >= 4 is 24.0 Å². The van der Waals surface area contributed by atoms with Gasteiger partial charge in [-0.2, -0.15) is 0 Å². The van der Waals surface area contributed by atoms with E-state index >= 15 is 0 Å². The molecular formula is C54H91NO11. The first-order chi connectivity index (χ1) is 30.8. The van der Waals surface area contributed by atoms with E-state index < -0.39 is 5.60 Å². The van der Waals surface area contributed by atoms with E-state index in [2.05, 4.69) is 86.4 Å². The molecule has 0 aliphatic carbocycles. The number of nitrogens with zero attached hydrogens (tertiary/aromatic N) is 1. The van der Waals surface area contributed by atoms with Crippen LogP contribution >= 0.6 is 0 Å². The Morgan fingerprint density at radius 2 is 1.14 bits per heavy atom. The maximum absolute atomic E-state index is 11.9. The molecule has 1 aliphatic rings. The molecule has 2 rings (SSSR count). The number of ether oxygens (including phenoxy) is 7.